The second-order valence-electron chi connectivity index (χ2n) is 5.83. The predicted molar refractivity (Wildman–Crippen MR) is 54.6 cm³/mol. The molecule has 0 aliphatic heterocycles. The van der Waals surface area contributed by atoms with E-state index < -0.39 is 0 Å². The first-order valence-corrected chi connectivity index (χ1v) is 5.48. The van der Waals surface area contributed by atoms with Gasteiger partial charge < -0.3 is 4.74 Å². The molecule has 0 aromatic heterocycles. The summed E-state index contributed by atoms with van der Waals surface area (Å²) in [6.07, 6.45) is 2.75. The molecule has 2 unspecified atom stereocenters. The molecule has 0 amide bonds. The van der Waals surface area contributed by atoms with Gasteiger partial charge in [-0.2, -0.15) is 0 Å². The average Bonchev–Trinajstić information content (AvgIpc) is 2.08. The monoisotopic (exact) mass is 182 g/mol. The van der Waals surface area contributed by atoms with Gasteiger partial charge in [-0.3, -0.25) is 0 Å². The van der Waals surface area contributed by atoms with Crippen molar-refractivity contribution < 1.29 is 4.74 Å². The van der Waals surface area contributed by atoms with Crippen LogP contribution < -0.4 is 0 Å². The molecule has 13 heavy (non-hydrogen) atoms. The lowest BCUT2D eigenvalue weighted by atomic mass is 9.42. The van der Waals surface area contributed by atoms with Gasteiger partial charge in [0.2, 0.25) is 0 Å². The van der Waals surface area contributed by atoms with E-state index in [0.29, 0.717) is 5.41 Å². The van der Waals surface area contributed by atoms with E-state index in [1.165, 1.54) is 12.8 Å². The molecule has 0 saturated heterocycles. The van der Waals surface area contributed by atoms with Gasteiger partial charge in [0.1, 0.15) is 0 Å². The van der Waals surface area contributed by atoms with Crippen molar-refractivity contribution in [3.63, 3.8) is 0 Å². The summed E-state index contributed by atoms with van der Waals surface area (Å²) in [6, 6.07) is 0. The van der Waals surface area contributed by atoms with Crippen LogP contribution in [0.15, 0.2) is 0 Å². The van der Waals surface area contributed by atoms with Crippen LogP contribution in [0.25, 0.3) is 0 Å². The first kappa shape index (κ1) is 9.51. The number of methoxy groups -OCH3 is 1. The van der Waals surface area contributed by atoms with E-state index in [9.17, 15) is 0 Å². The van der Waals surface area contributed by atoms with Gasteiger partial charge >= 0.3 is 0 Å². The lowest BCUT2D eigenvalue weighted by Gasteiger charge is -2.66. The molecule has 3 rings (SSSR count). The summed E-state index contributed by atoms with van der Waals surface area (Å²) >= 11 is 0. The van der Waals surface area contributed by atoms with Crippen molar-refractivity contribution in [2.45, 2.75) is 46.1 Å². The van der Waals surface area contributed by atoms with Crippen molar-refractivity contribution in [2.75, 3.05) is 7.11 Å². The summed E-state index contributed by atoms with van der Waals surface area (Å²) < 4.78 is 5.78. The zero-order valence-corrected chi connectivity index (χ0v) is 9.55. The highest BCUT2D eigenvalue weighted by molar-refractivity contribution is 5.11. The number of hydrogen-bond donors (Lipinski definition) is 0. The molecule has 2 bridgehead atoms. The molecule has 0 spiro atoms. The Hall–Kier alpha value is -0.0400. The Kier molecular flexibility index (Phi) is 1.83. The van der Waals surface area contributed by atoms with Crippen molar-refractivity contribution in [1.29, 1.82) is 0 Å². The van der Waals surface area contributed by atoms with E-state index in [1.54, 1.807) is 0 Å². The van der Waals surface area contributed by atoms with Gasteiger partial charge in [0.05, 0.1) is 5.60 Å². The molecule has 0 radical (unpaired) electrons. The van der Waals surface area contributed by atoms with Crippen molar-refractivity contribution in [3.8, 4) is 0 Å². The van der Waals surface area contributed by atoms with E-state index >= 15 is 0 Å². The van der Waals surface area contributed by atoms with Crippen molar-refractivity contribution >= 4 is 0 Å². The van der Waals surface area contributed by atoms with Gasteiger partial charge in [-0.15, -0.1) is 0 Å². The zero-order chi connectivity index (χ0) is 9.85. The highest BCUT2D eigenvalue weighted by Gasteiger charge is 2.62. The van der Waals surface area contributed by atoms with E-state index in [0.717, 1.165) is 17.8 Å². The van der Waals surface area contributed by atoms with Crippen molar-refractivity contribution in [2.24, 2.45) is 23.2 Å². The fraction of sp³-hybridized carbons (Fsp3) is 1.00. The Morgan fingerprint density at radius 2 is 1.77 bits per heavy atom. The molecule has 4 atom stereocenters. The molecule has 3 aliphatic carbocycles. The molecule has 0 aromatic rings. The number of ether oxygens (including phenoxy) is 1. The van der Waals surface area contributed by atoms with Crippen LogP contribution in [0.5, 0.6) is 0 Å². The summed E-state index contributed by atoms with van der Waals surface area (Å²) in [5.74, 6) is 2.46. The molecule has 3 fully saturated rings. The summed E-state index contributed by atoms with van der Waals surface area (Å²) in [4.78, 5) is 0. The third-order valence-corrected chi connectivity index (χ3v) is 5.22. The molecule has 3 aliphatic rings. The fourth-order valence-electron chi connectivity index (χ4n) is 3.74. The van der Waals surface area contributed by atoms with Gasteiger partial charge in [-0.25, -0.2) is 0 Å². The second-order valence-corrected chi connectivity index (χ2v) is 5.83. The van der Waals surface area contributed by atoms with Gasteiger partial charge in [-0.1, -0.05) is 20.8 Å². The molecular formula is C12H22O. The predicted octanol–water partition coefficient (Wildman–Crippen LogP) is 3.09. The highest BCUT2D eigenvalue weighted by atomic mass is 16.5. The van der Waals surface area contributed by atoms with E-state index in [2.05, 4.69) is 27.7 Å². The summed E-state index contributed by atoms with van der Waals surface area (Å²) in [5.41, 5.74) is 0.662. The number of fused-ring (bicyclic) bond motifs is 2. The topological polar surface area (TPSA) is 9.23 Å². The molecule has 0 heterocycles. The summed E-state index contributed by atoms with van der Waals surface area (Å²) in [7, 11) is 1.88. The van der Waals surface area contributed by atoms with Crippen LogP contribution >= 0.6 is 0 Å². The Morgan fingerprint density at radius 1 is 1.15 bits per heavy atom. The lowest BCUT2D eigenvalue weighted by molar-refractivity contribution is -0.233. The molecule has 76 valence electrons. The van der Waals surface area contributed by atoms with Crippen LogP contribution in [-0.2, 0) is 4.74 Å². The Morgan fingerprint density at radius 3 is 2.15 bits per heavy atom. The van der Waals surface area contributed by atoms with Crippen LogP contribution in [0, 0.1) is 23.2 Å². The molecule has 0 aromatic carbocycles. The van der Waals surface area contributed by atoms with Crippen molar-refractivity contribution in [3.05, 3.63) is 0 Å². The van der Waals surface area contributed by atoms with E-state index in [-0.39, 0.29) is 5.60 Å². The Labute approximate surface area is 81.9 Å². The van der Waals surface area contributed by atoms with E-state index in [1.807, 2.05) is 7.11 Å². The maximum atomic E-state index is 5.78. The third-order valence-electron chi connectivity index (χ3n) is 5.22. The smallest absolute Gasteiger partial charge is 0.0709 e. The Bertz CT molecular complexity index is 221. The quantitative estimate of drug-likeness (QED) is 0.605. The normalized spacial score (nSPS) is 52.8. The van der Waals surface area contributed by atoms with E-state index in [4.69, 9.17) is 4.74 Å². The van der Waals surface area contributed by atoms with Gasteiger partial charge in [0.25, 0.3) is 0 Å². The first-order valence-electron chi connectivity index (χ1n) is 5.48. The minimum Gasteiger partial charge on any atom is -0.378 e. The molecule has 3 saturated carbocycles. The summed E-state index contributed by atoms with van der Waals surface area (Å²) in [5, 5.41) is 0. The third kappa shape index (κ3) is 0.971. The van der Waals surface area contributed by atoms with Crippen LogP contribution in [-0.4, -0.2) is 12.7 Å². The van der Waals surface area contributed by atoms with Crippen LogP contribution in [0.4, 0.5) is 0 Å². The standard InChI is InChI=1S/C12H22O/c1-8-6-9-7-10(11(9,2)3)12(8,4)13-5/h8-10H,6-7H2,1-5H3/t8?,9-,10?,12-/m1/s1. The maximum absolute atomic E-state index is 5.78. The molecule has 0 N–H and O–H groups in total. The number of rotatable bonds is 1. The van der Waals surface area contributed by atoms with Crippen LogP contribution in [0.2, 0.25) is 0 Å². The van der Waals surface area contributed by atoms with Gasteiger partial charge in [-0.05, 0) is 42.9 Å². The SMILES string of the molecule is CO[C@]1(C)C(C)C[C@@H]2CC1C2(C)C. The highest BCUT2D eigenvalue weighted by Crippen LogP contribution is 2.65. The second kappa shape index (κ2) is 2.50. The van der Waals surface area contributed by atoms with Crippen LogP contribution in [0.3, 0.4) is 0 Å². The average molecular weight is 182 g/mol. The molecular weight excluding hydrogens is 160 g/mol. The molecule has 1 heteroatoms. The zero-order valence-electron chi connectivity index (χ0n) is 9.55. The molecule has 1 nitrogen and oxygen atoms in total. The van der Waals surface area contributed by atoms with Crippen molar-refractivity contribution in [1.82, 2.24) is 0 Å². The maximum Gasteiger partial charge on any atom is 0.0709 e. The largest absolute Gasteiger partial charge is 0.378 e. The Balaban J connectivity index is 2.27. The van der Waals surface area contributed by atoms with Crippen LogP contribution in [0.1, 0.15) is 40.5 Å². The number of hydrogen-bond acceptors (Lipinski definition) is 1. The van der Waals surface area contributed by atoms with Gasteiger partial charge in [0.15, 0.2) is 0 Å². The minimum atomic E-state index is 0.137. The fourth-order valence-corrected chi connectivity index (χ4v) is 3.74. The first-order chi connectivity index (χ1) is 5.93. The lowest BCUT2D eigenvalue weighted by Crippen LogP contribution is -2.64. The minimum absolute atomic E-state index is 0.137. The van der Waals surface area contributed by atoms with Gasteiger partial charge in [0, 0.05) is 7.11 Å². The summed E-state index contributed by atoms with van der Waals surface area (Å²) in [6.45, 7) is 9.47.